The Morgan fingerprint density at radius 2 is 0.825 bits per heavy atom. The van der Waals surface area contributed by atoms with Gasteiger partial charge in [-0.25, -0.2) is 15.0 Å². The first kappa shape index (κ1) is 31.9. The summed E-state index contributed by atoms with van der Waals surface area (Å²) < 4.78 is 16.4. The molecule has 0 spiro atoms. The van der Waals surface area contributed by atoms with E-state index in [2.05, 4.69) is 103 Å². The third kappa shape index (κ3) is 4.98. The molecule has 0 fully saturated rings. The van der Waals surface area contributed by atoms with Crippen LogP contribution in [0.5, 0.6) is 0 Å². The quantitative estimate of drug-likeness (QED) is 0.175. The van der Waals surface area contributed by atoms with E-state index in [-0.39, 0.29) is 0 Å². The number of thiophene rings is 1. The summed E-state index contributed by atoms with van der Waals surface area (Å²) in [7, 11) is 0. The summed E-state index contributed by atoms with van der Waals surface area (Å²) >= 11 is 1.84. The van der Waals surface area contributed by atoms with Crippen molar-refractivity contribution >= 4 is 75.4 Å². The zero-order valence-corrected chi connectivity index (χ0v) is 31.1. The molecule has 0 unspecified atom stereocenters. The van der Waals surface area contributed by atoms with Crippen molar-refractivity contribution in [2.45, 2.75) is 0 Å². The van der Waals surface area contributed by atoms with Crippen molar-refractivity contribution in [1.29, 1.82) is 0 Å². The van der Waals surface area contributed by atoms with Gasteiger partial charge in [0.2, 0.25) is 0 Å². The van der Waals surface area contributed by atoms with Gasteiger partial charge in [-0.3, -0.25) is 0 Å². The van der Waals surface area contributed by atoms with Crippen LogP contribution in [0.3, 0.4) is 0 Å². The number of rotatable bonds is 5. The van der Waals surface area contributed by atoms with Crippen LogP contribution in [0.1, 0.15) is 0 Å². The van der Waals surface area contributed by atoms with Crippen LogP contribution in [0, 0.1) is 0 Å². The monoisotopic (exact) mass is 747 g/mol. The molecule has 4 heterocycles. The molecule has 0 bridgehead atoms. The second-order valence-electron chi connectivity index (χ2n) is 14.2. The van der Waals surface area contributed by atoms with Crippen LogP contribution >= 0.6 is 11.3 Å². The molecule has 6 heteroatoms. The lowest BCUT2D eigenvalue weighted by atomic mass is 9.92. The molecular weight excluding hydrogens is 719 g/mol. The molecule has 0 N–H and O–H groups in total. The molecule has 0 amide bonds. The Balaban J connectivity index is 1.09. The number of nitrogens with zero attached hydrogens (tertiary/aromatic N) is 3. The topological polar surface area (TPSA) is 65.0 Å². The smallest absolute Gasteiger partial charge is 0.167 e. The van der Waals surface area contributed by atoms with Crippen LogP contribution < -0.4 is 0 Å². The maximum Gasteiger partial charge on any atom is 0.167 e. The lowest BCUT2D eigenvalue weighted by Gasteiger charge is -2.10. The lowest BCUT2D eigenvalue weighted by molar-refractivity contribution is 0.665. The van der Waals surface area contributed by atoms with Gasteiger partial charge in [0.25, 0.3) is 0 Å². The Morgan fingerprint density at radius 1 is 0.316 bits per heavy atom. The highest BCUT2D eigenvalue weighted by Crippen LogP contribution is 2.48. The summed E-state index contributed by atoms with van der Waals surface area (Å²) in [6, 6.07) is 60.7. The molecule has 0 aliphatic carbocycles. The average molecular weight is 748 g/mol. The van der Waals surface area contributed by atoms with Gasteiger partial charge in [0.15, 0.2) is 17.5 Å². The molecular formula is C51H29N3O2S. The predicted octanol–water partition coefficient (Wildman–Crippen LogP) is 14.4. The number of benzene rings is 8. The summed E-state index contributed by atoms with van der Waals surface area (Å²) in [6.45, 7) is 0. The molecule has 4 aromatic heterocycles. The summed E-state index contributed by atoms with van der Waals surface area (Å²) in [5.74, 6) is 1.76. The molecule has 5 nitrogen and oxygen atoms in total. The van der Waals surface area contributed by atoms with Gasteiger partial charge < -0.3 is 8.83 Å². The number of hydrogen-bond donors (Lipinski definition) is 0. The fraction of sp³-hybridized carbons (Fsp3) is 0. The van der Waals surface area contributed by atoms with Crippen molar-refractivity contribution in [3.63, 3.8) is 0 Å². The number of aromatic nitrogens is 3. The molecule has 0 radical (unpaired) electrons. The first-order chi connectivity index (χ1) is 28.3. The van der Waals surface area contributed by atoms with Crippen LogP contribution in [0.4, 0.5) is 0 Å². The van der Waals surface area contributed by atoms with Crippen molar-refractivity contribution in [1.82, 2.24) is 15.0 Å². The van der Waals surface area contributed by atoms with Crippen molar-refractivity contribution in [3.8, 4) is 56.4 Å². The number of para-hydroxylation sites is 3. The predicted molar refractivity (Wildman–Crippen MR) is 234 cm³/mol. The van der Waals surface area contributed by atoms with E-state index in [1.54, 1.807) is 0 Å². The Labute approximate surface area is 330 Å². The fourth-order valence-electron chi connectivity index (χ4n) is 8.40. The van der Waals surface area contributed by atoms with E-state index in [0.29, 0.717) is 17.5 Å². The maximum absolute atomic E-state index is 7.01. The van der Waals surface area contributed by atoms with E-state index in [1.807, 2.05) is 84.1 Å². The lowest BCUT2D eigenvalue weighted by Crippen LogP contribution is -2.00. The number of furan rings is 2. The first-order valence-electron chi connectivity index (χ1n) is 18.9. The zero-order valence-electron chi connectivity index (χ0n) is 30.3. The normalized spacial score (nSPS) is 11.9. The van der Waals surface area contributed by atoms with Crippen molar-refractivity contribution in [2.75, 3.05) is 0 Å². The first-order valence-corrected chi connectivity index (χ1v) is 19.8. The van der Waals surface area contributed by atoms with Crippen molar-refractivity contribution in [3.05, 3.63) is 176 Å². The number of hydrogen-bond acceptors (Lipinski definition) is 6. The zero-order chi connectivity index (χ0) is 37.5. The highest BCUT2D eigenvalue weighted by atomic mass is 32.1. The standard InChI is InChI=1S/C51H29N3O2S/c1-3-14-30(15-4-1)49-52-50(31-16-5-2-6-17-31)54-51(53-49)40-24-12-23-35-34-21-11-22-36(46(34)56-47(35)40)37-29-28-33(45-38-18-7-9-25-41(38)55-48(37)45)32-20-13-27-43-44(32)39-19-8-10-26-42(39)57-43/h1-29H. The van der Waals surface area contributed by atoms with E-state index < -0.39 is 0 Å². The van der Waals surface area contributed by atoms with Gasteiger partial charge in [0, 0.05) is 64.0 Å². The van der Waals surface area contributed by atoms with Gasteiger partial charge in [-0.05, 0) is 41.5 Å². The van der Waals surface area contributed by atoms with Crippen LogP contribution in [0.25, 0.3) is 120 Å². The Morgan fingerprint density at radius 3 is 1.58 bits per heavy atom. The van der Waals surface area contributed by atoms with Crippen molar-refractivity contribution in [2.24, 2.45) is 0 Å². The summed E-state index contributed by atoms with van der Waals surface area (Å²) in [6.07, 6.45) is 0. The Bertz CT molecular complexity index is 3470. The van der Waals surface area contributed by atoms with E-state index in [0.717, 1.165) is 77.3 Å². The Hall–Kier alpha value is -7.41. The molecule has 0 aliphatic heterocycles. The maximum atomic E-state index is 7.01. The third-order valence-corrected chi connectivity index (χ3v) is 12.1. The molecule has 266 valence electrons. The van der Waals surface area contributed by atoms with E-state index in [1.165, 1.54) is 25.7 Å². The van der Waals surface area contributed by atoms with E-state index in [4.69, 9.17) is 23.8 Å². The van der Waals surface area contributed by atoms with Crippen LogP contribution in [-0.2, 0) is 0 Å². The van der Waals surface area contributed by atoms with Gasteiger partial charge >= 0.3 is 0 Å². The largest absolute Gasteiger partial charge is 0.455 e. The molecule has 0 saturated carbocycles. The minimum absolute atomic E-state index is 0.549. The van der Waals surface area contributed by atoms with Gasteiger partial charge in [-0.15, -0.1) is 11.3 Å². The molecule has 12 aromatic rings. The van der Waals surface area contributed by atoms with E-state index in [9.17, 15) is 0 Å². The second kappa shape index (κ2) is 12.6. The average Bonchev–Trinajstić information content (AvgIpc) is 3.98. The fourth-order valence-corrected chi connectivity index (χ4v) is 9.53. The SMILES string of the molecule is c1ccc(-c2nc(-c3ccccc3)nc(-c3cccc4c3oc3c(-c5ccc(-c6cccc7sc8ccccc8c67)c6c5oc5ccccc56)cccc34)n2)cc1. The van der Waals surface area contributed by atoms with Gasteiger partial charge in [-0.2, -0.15) is 0 Å². The van der Waals surface area contributed by atoms with Gasteiger partial charge in [0.1, 0.15) is 22.3 Å². The van der Waals surface area contributed by atoms with Crippen molar-refractivity contribution < 1.29 is 8.83 Å². The summed E-state index contributed by atoms with van der Waals surface area (Å²) in [5, 5.41) is 6.71. The third-order valence-electron chi connectivity index (χ3n) is 11.0. The van der Waals surface area contributed by atoms with E-state index >= 15 is 0 Å². The number of fused-ring (bicyclic) bond motifs is 9. The van der Waals surface area contributed by atoms with Gasteiger partial charge in [0.05, 0.1) is 5.56 Å². The van der Waals surface area contributed by atoms with Crippen LogP contribution in [-0.4, -0.2) is 15.0 Å². The van der Waals surface area contributed by atoms with Gasteiger partial charge in [-0.1, -0.05) is 146 Å². The molecule has 57 heavy (non-hydrogen) atoms. The molecule has 0 atom stereocenters. The Kier molecular flexibility index (Phi) is 7.03. The highest BCUT2D eigenvalue weighted by Gasteiger charge is 2.23. The molecule has 12 rings (SSSR count). The second-order valence-corrected chi connectivity index (χ2v) is 15.3. The molecule has 0 saturated heterocycles. The molecule has 8 aromatic carbocycles. The minimum atomic E-state index is 0.549. The van der Waals surface area contributed by atoms with Crippen LogP contribution in [0.2, 0.25) is 0 Å². The summed E-state index contributed by atoms with van der Waals surface area (Å²) in [5.41, 5.74) is 10.1. The summed E-state index contributed by atoms with van der Waals surface area (Å²) in [4.78, 5) is 15.0. The molecule has 0 aliphatic rings. The highest BCUT2D eigenvalue weighted by molar-refractivity contribution is 7.25. The van der Waals surface area contributed by atoms with Crippen LogP contribution in [0.15, 0.2) is 185 Å². The minimum Gasteiger partial charge on any atom is -0.455 e.